The van der Waals surface area contributed by atoms with E-state index in [-0.39, 0.29) is 41.5 Å². The van der Waals surface area contributed by atoms with Gasteiger partial charge < -0.3 is 19.5 Å². The van der Waals surface area contributed by atoms with E-state index >= 15 is 0 Å². The van der Waals surface area contributed by atoms with Crippen LogP contribution in [0.15, 0.2) is 48.5 Å². The smallest absolute Gasteiger partial charge is 0.471 e. The average molecular weight is 593 g/mol. The number of benzene rings is 3. The number of para-hydroxylation sites is 1. The number of nitrogens with one attached hydrogen (secondary N) is 1. The van der Waals surface area contributed by atoms with Gasteiger partial charge in [0, 0.05) is 34.9 Å². The monoisotopic (exact) mass is 593 g/mol. The number of anilines is 3. The first-order chi connectivity index (χ1) is 19.9. The van der Waals surface area contributed by atoms with Crippen molar-refractivity contribution in [3.63, 3.8) is 0 Å². The summed E-state index contributed by atoms with van der Waals surface area (Å²) in [7, 11) is 1.22. The molecular weight excluding hydrogens is 573 g/mol. The van der Waals surface area contributed by atoms with Crippen LogP contribution >= 0.6 is 0 Å². The number of amides is 1. The van der Waals surface area contributed by atoms with E-state index in [2.05, 4.69) is 10.1 Å². The second kappa shape index (κ2) is 10.8. The van der Waals surface area contributed by atoms with Crippen molar-refractivity contribution in [2.45, 2.75) is 24.6 Å². The Hall–Kier alpha value is -4.95. The van der Waals surface area contributed by atoms with Crippen LogP contribution in [0.3, 0.4) is 0 Å². The number of hydrogen-bond acceptors (Lipinski definition) is 8. The van der Waals surface area contributed by atoms with Crippen molar-refractivity contribution in [3.8, 4) is 11.5 Å². The summed E-state index contributed by atoms with van der Waals surface area (Å²) >= 11 is 0. The number of halogens is 5. The summed E-state index contributed by atoms with van der Waals surface area (Å²) in [6, 6.07) is 8.02. The third-order valence-electron chi connectivity index (χ3n) is 6.89. The van der Waals surface area contributed by atoms with Crippen LogP contribution < -0.4 is 19.7 Å². The number of esters is 1. The number of carbonyl (C=O) groups excluding carboxylic acids is 2. The first-order valence-electron chi connectivity index (χ1n) is 12.3. The fourth-order valence-electron chi connectivity index (χ4n) is 4.93. The number of nitrogens with zero attached hydrogens (tertiary/aromatic N) is 2. The van der Waals surface area contributed by atoms with Crippen LogP contribution in [0, 0.1) is 21.7 Å². The number of rotatable bonds is 7. The SMILES string of the molecule is COC(=O)C[C@@H]1COc2cc(N(C(=O)C(F)(F)F)[C@@H]3COc4c(Nc5c([N+](=O)[O-])ccc(F)c5F)cccc43)ccc21. The van der Waals surface area contributed by atoms with E-state index in [1.165, 1.54) is 43.5 Å². The quantitative estimate of drug-likeness (QED) is 0.161. The molecule has 0 spiro atoms. The first kappa shape index (κ1) is 28.6. The molecule has 3 aromatic rings. The zero-order valence-electron chi connectivity index (χ0n) is 21.5. The fraction of sp³-hybridized carbons (Fsp3) is 0.259. The molecule has 220 valence electrons. The van der Waals surface area contributed by atoms with Gasteiger partial charge in [0.25, 0.3) is 5.69 Å². The minimum absolute atomic E-state index is 0.0161. The molecule has 2 atom stereocenters. The van der Waals surface area contributed by atoms with E-state index in [4.69, 9.17) is 9.47 Å². The zero-order valence-corrected chi connectivity index (χ0v) is 21.5. The number of carbonyl (C=O) groups is 2. The maximum Gasteiger partial charge on any atom is 0.471 e. The van der Waals surface area contributed by atoms with Crippen molar-refractivity contribution in [3.05, 3.63) is 81.4 Å². The highest BCUT2D eigenvalue weighted by Crippen LogP contribution is 2.47. The second-order valence-electron chi connectivity index (χ2n) is 9.37. The average Bonchev–Trinajstić information content (AvgIpc) is 3.55. The predicted molar refractivity (Wildman–Crippen MR) is 136 cm³/mol. The Labute approximate surface area is 233 Å². The summed E-state index contributed by atoms with van der Waals surface area (Å²) in [5.74, 6) is -5.95. The molecule has 0 radical (unpaired) electrons. The number of hydrogen-bond donors (Lipinski definition) is 1. The molecule has 2 aliphatic heterocycles. The Morgan fingerprint density at radius 2 is 1.86 bits per heavy atom. The normalized spacial score (nSPS) is 17.0. The van der Waals surface area contributed by atoms with Gasteiger partial charge in [0.1, 0.15) is 18.1 Å². The summed E-state index contributed by atoms with van der Waals surface area (Å²) in [5, 5.41) is 13.8. The molecule has 0 aliphatic carbocycles. The van der Waals surface area contributed by atoms with Gasteiger partial charge >= 0.3 is 18.1 Å². The third kappa shape index (κ3) is 5.12. The molecule has 42 heavy (non-hydrogen) atoms. The molecule has 10 nitrogen and oxygen atoms in total. The molecule has 15 heteroatoms. The van der Waals surface area contributed by atoms with Gasteiger partial charge in [-0.1, -0.05) is 18.2 Å². The zero-order chi connectivity index (χ0) is 30.3. The molecule has 0 saturated heterocycles. The van der Waals surface area contributed by atoms with Crippen molar-refractivity contribution >= 4 is 34.6 Å². The lowest BCUT2D eigenvalue weighted by Gasteiger charge is -2.29. The summed E-state index contributed by atoms with van der Waals surface area (Å²) in [6.07, 6.45) is -5.31. The number of ether oxygens (including phenoxy) is 3. The first-order valence-corrected chi connectivity index (χ1v) is 12.3. The van der Waals surface area contributed by atoms with E-state index in [0.29, 0.717) is 16.5 Å². The van der Waals surface area contributed by atoms with Crippen LogP contribution in [-0.2, 0) is 14.3 Å². The lowest BCUT2D eigenvalue weighted by molar-refractivity contribution is -0.384. The fourth-order valence-corrected chi connectivity index (χ4v) is 4.93. The van der Waals surface area contributed by atoms with E-state index in [0.717, 1.165) is 6.07 Å². The van der Waals surface area contributed by atoms with Crippen molar-refractivity contribution in [2.75, 3.05) is 30.5 Å². The molecule has 0 fully saturated rings. The molecule has 2 heterocycles. The van der Waals surface area contributed by atoms with Crippen LogP contribution in [0.25, 0.3) is 0 Å². The Kier molecular flexibility index (Phi) is 7.34. The molecular formula is C27H20F5N3O7. The van der Waals surface area contributed by atoms with Gasteiger partial charge in [-0.05, 0) is 18.2 Å². The highest BCUT2D eigenvalue weighted by atomic mass is 19.4. The number of nitro benzene ring substituents is 1. The summed E-state index contributed by atoms with van der Waals surface area (Å²) in [6.45, 7) is -0.388. The highest BCUT2D eigenvalue weighted by Gasteiger charge is 2.48. The van der Waals surface area contributed by atoms with E-state index in [1.54, 1.807) is 0 Å². The Balaban J connectivity index is 1.53. The van der Waals surface area contributed by atoms with Crippen molar-refractivity contribution in [1.82, 2.24) is 0 Å². The summed E-state index contributed by atoms with van der Waals surface area (Å²) in [5.41, 5.74) is -1.27. The lowest BCUT2D eigenvalue weighted by Crippen LogP contribution is -2.44. The molecule has 0 saturated carbocycles. The summed E-state index contributed by atoms with van der Waals surface area (Å²) < 4.78 is 85.8. The van der Waals surface area contributed by atoms with E-state index in [1.807, 2.05) is 0 Å². The molecule has 5 rings (SSSR count). The minimum atomic E-state index is -5.29. The Bertz CT molecular complexity index is 1600. The Morgan fingerprint density at radius 3 is 2.55 bits per heavy atom. The number of methoxy groups -OCH3 is 1. The van der Waals surface area contributed by atoms with Gasteiger partial charge in [-0.2, -0.15) is 13.2 Å². The Morgan fingerprint density at radius 1 is 1.10 bits per heavy atom. The largest absolute Gasteiger partial charge is 0.493 e. The molecule has 0 aromatic heterocycles. The number of alkyl halides is 3. The number of nitro groups is 1. The molecule has 1 amide bonds. The van der Waals surface area contributed by atoms with Crippen LogP contribution in [0.5, 0.6) is 11.5 Å². The second-order valence-corrected chi connectivity index (χ2v) is 9.37. The van der Waals surface area contributed by atoms with Gasteiger partial charge in [-0.25, -0.2) is 8.78 Å². The topological polar surface area (TPSA) is 120 Å². The van der Waals surface area contributed by atoms with E-state index < -0.39 is 64.6 Å². The molecule has 0 unspecified atom stereocenters. The van der Waals surface area contributed by atoms with Gasteiger partial charge in [-0.3, -0.25) is 24.6 Å². The summed E-state index contributed by atoms with van der Waals surface area (Å²) in [4.78, 5) is 35.4. The molecule has 0 bridgehead atoms. The van der Waals surface area contributed by atoms with Crippen LogP contribution in [0.4, 0.5) is 44.7 Å². The van der Waals surface area contributed by atoms with Gasteiger partial charge in [0.2, 0.25) is 0 Å². The van der Waals surface area contributed by atoms with Crippen molar-refractivity contribution in [1.29, 1.82) is 0 Å². The van der Waals surface area contributed by atoms with E-state index in [9.17, 15) is 41.7 Å². The maximum atomic E-state index is 14.6. The highest BCUT2D eigenvalue weighted by molar-refractivity contribution is 5.98. The van der Waals surface area contributed by atoms with Gasteiger partial charge in [0.05, 0.1) is 36.8 Å². The third-order valence-corrected chi connectivity index (χ3v) is 6.89. The van der Waals surface area contributed by atoms with Crippen LogP contribution in [0.1, 0.15) is 29.5 Å². The van der Waals surface area contributed by atoms with Gasteiger partial charge in [0.15, 0.2) is 17.3 Å². The van der Waals surface area contributed by atoms with Gasteiger partial charge in [-0.15, -0.1) is 0 Å². The molecule has 3 aromatic carbocycles. The lowest BCUT2D eigenvalue weighted by atomic mass is 9.97. The van der Waals surface area contributed by atoms with Crippen molar-refractivity contribution in [2.24, 2.45) is 0 Å². The standard InChI is InChI=1S/C27H20F5N3O7/c1-40-22(36)9-13-11-41-21-10-14(5-6-15(13)21)34(26(37)27(30,31)32)20-12-42-25-16(20)3-2-4-18(25)33-24-19(35(38)39)8-7-17(28)23(24)29/h2-8,10,13,20,33H,9,11-12H2,1H3/t13-,20-/m1/s1. The minimum Gasteiger partial charge on any atom is -0.493 e. The maximum absolute atomic E-state index is 14.6. The molecule has 1 N–H and O–H groups in total. The number of fused-ring (bicyclic) bond motifs is 2. The van der Waals surface area contributed by atoms with Crippen LogP contribution in [0.2, 0.25) is 0 Å². The molecule has 2 aliphatic rings. The van der Waals surface area contributed by atoms with Crippen LogP contribution in [-0.4, -0.2) is 43.3 Å². The van der Waals surface area contributed by atoms with Crippen molar-refractivity contribution < 1.29 is 50.7 Å². The predicted octanol–water partition coefficient (Wildman–Crippen LogP) is 5.68.